The number of nitrogens with two attached hydrogens (primary N) is 1. The maximum Gasteiger partial charge on any atom is 0.325 e. The third-order valence-corrected chi connectivity index (χ3v) is 5.46. The van der Waals surface area contributed by atoms with Gasteiger partial charge >= 0.3 is 6.03 Å². The number of nitrogen functional groups attached to an aromatic ring is 1. The third-order valence-electron chi connectivity index (χ3n) is 5.46. The summed E-state index contributed by atoms with van der Waals surface area (Å²) in [6.45, 7) is 5.88. The van der Waals surface area contributed by atoms with E-state index in [1.165, 1.54) is 4.68 Å². The number of hydrogen-bond acceptors (Lipinski definition) is 8. The molecule has 2 heterocycles. The molecule has 0 saturated heterocycles. The maximum atomic E-state index is 14.8. The molecule has 4 rings (SSSR count). The first-order valence-corrected chi connectivity index (χ1v) is 11.5. The van der Waals surface area contributed by atoms with Crippen LogP contribution in [-0.2, 0) is 5.41 Å². The van der Waals surface area contributed by atoms with Crippen molar-refractivity contribution in [1.29, 1.82) is 5.26 Å². The van der Waals surface area contributed by atoms with Crippen molar-refractivity contribution < 1.29 is 23.0 Å². The van der Waals surface area contributed by atoms with Gasteiger partial charge in [0.05, 0.1) is 18.5 Å². The van der Waals surface area contributed by atoms with E-state index in [1.807, 2.05) is 20.8 Å². The molecule has 0 aliphatic rings. The average molecular weight is 535 g/mol. The Kier molecular flexibility index (Phi) is 7.30. The Labute approximate surface area is 222 Å². The Bertz CT molecular complexity index is 1550. The lowest BCUT2D eigenvalue weighted by Gasteiger charge is -2.14. The van der Waals surface area contributed by atoms with Crippen LogP contribution < -0.4 is 25.8 Å². The van der Waals surface area contributed by atoms with E-state index >= 15 is 0 Å². The van der Waals surface area contributed by atoms with Gasteiger partial charge in [0.25, 0.3) is 0 Å². The van der Waals surface area contributed by atoms with Gasteiger partial charge in [0.2, 0.25) is 5.88 Å². The monoisotopic (exact) mass is 534 g/mol. The van der Waals surface area contributed by atoms with Gasteiger partial charge in [-0.05, 0) is 24.3 Å². The van der Waals surface area contributed by atoms with Crippen molar-refractivity contribution in [3.05, 3.63) is 71.7 Å². The van der Waals surface area contributed by atoms with Crippen LogP contribution in [0.3, 0.4) is 0 Å². The predicted molar refractivity (Wildman–Crippen MR) is 139 cm³/mol. The molecule has 13 heteroatoms. The predicted octanol–water partition coefficient (Wildman–Crippen LogP) is 5.14. The van der Waals surface area contributed by atoms with Crippen molar-refractivity contribution in [3.63, 3.8) is 0 Å². The zero-order valence-corrected chi connectivity index (χ0v) is 21.4. The molecule has 4 N–H and O–H groups in total. The SMILES string of the molecule is COc1ccc(-n2nc(C(C)(C)C)cc2NC(=O)Nc2c(F)cc(Oc3ncnc(N)c3C#N)cc2F)cc1. The second-order valence-electron chi connectivity index (χ2n) is 9.27. The number of hydrogen-bond donors (Lipinski definition) is 3. The normalized spacial score (nSPS) is 11.0. The van der Waals surface area contributed by atoms with Crippen LogP contribution in [0.25, 0.3) is 5.69 Å². The van der Waals surface area contributed by atoms with Crippen molar-refractivity contribution in [2.24, 2.45) is 0 Å². The lowest BCUT2D eigenvalue weighted by Crippen LogP contribution is -2.22. The minimum absolute atomic E-state index is 0.151. The highest BCUT2D eigenvalue weighted by atomic mass is 19.1. The van der Waals surface area contributed by atoms with Gasteiger partial charge in [0.15, 0.2) is 17.2 Å². The van der Waals surface area contributed by atoms with Crippen molar-refractivity contribution in [2.75, 3.05) is 23.5 Å². The lowest BCUT2D eigenvalue weighted by molar-refractivity contribution is 0.261. The number of amides is 2. The second kappa shape index (κ2) is 10.6. The van der Waals surface area contributed by atoms with Crippen LogP contribution in [0.5, 0.6) is 17.4 Å². The fourth-order valence-electron chi connectivity index (χ4n) is 3.42. The van der Waals surface area contributed by atoms with Crippen LogP contribution in [0.1, 0.15) is 32.0 Å². The highest BCUT2D eigenvalue weighted by Gasteiger charge is 2.23. The second-order valence-corrected chi connectivity index (χ2v) is 9.27. The highest BCUT2D eigenvalue weighted by Crippen LogP contribution is 2.31. The number of carbonyl (C=O) groups is 1. The first-order valence-electron chi connectivity index (χ1n) is 11.5. The van der Waals surface area contributed by atoms with E-state index in [-0.39, 0.29) is 34.2 Å². The van der Waals surface area contributed by atoms with E-state index < -0.39 is 23.4 Å². The Morgan fingerprint density at radius 1 is 1.05 bits per heavy atom. The van der Waals surface area contributed by atoms with Gasteiger partial charge in [-0.25, -0.2) is 28.2 Å². The van der Waals surface area contributed by atoms with Crippen LogP contribution >= 0.6 is 0 Å². The minimum atomic E-state index is -1.13. The molecule has 2 aromatic carbocycles. The summed E-state index contributed by atoms with van der Waals surface area (Å²) >= 11 is 0. The molecule has 0 saturated carbocycles. The molecule has 200 valence electrons. The molecule has 0 fully saturated rings. The molecular weight excluding hydrogens is 510 g/mol. The molecular formula is C26H24F2N8O3. The number of anilines is 3. The smallest absolute Gasteiger partial charge is 0.325 e. The summed E-state index contributed by atoms with van der Waals surface area (Å²) in [6, 6.07) is 11.2. The van der Waals surface area contributed by atoms with Crippen LogP contribution in [-0.4, -0.2) is 32.9 Å². The zero-order valence-electron chi connectivity index (χ0n) is 21.4. The minimum Gasteiger partial charge on any atom is -0.497 e. The maximum absolute atomic E-state index is 14.8. The van der Waals surface area contributed by atoms with E-state index in [9.17, 15) is 18.8 Å². The van der Waals surface area contributed by atoms with Gasteiger partial charge in [0.1, 0.15) is 41.2 Å². The van der Waals surface area contributed by atoms with Crippen LogP contribution in [0.4, 0.5) is 30.9 Å². The number of methoxy groups -OCH3 is 1. The zero-order chi connectivity index (χ0) is 28.3. The number of nitrogens with one attached hydrogen (secondary N) is 2. The first-order chi connectivity index (χ1) is 18.5. The van der Waals surface area contributed by atoms with E-state index in [2.05, 4.69) is 25.7 Å². The molecule has 0 unspecified atom stereocenters. The number of ether oxygens (including phenoxy) is 2. The largest absolute Gasteiger partial charge is 0.497 e. The van der Waals surface area contributed by atoms with E-state index in [0.717, 1.165) is 18.5 Å². The van der Waals surface area contributed by atoms with Gasteiger partial charge in [-0.2, -0.15) is 10.4 Å². The van der Waals surface area contributed by atoms with Gasteiger partial charge in [-0.15, -0.1) is 0 Å². The molecule has 2 aromatic heterocycles. The van der Waals surface area contributed by atoms with Gasteiger partial charge < -0.3 is 20.5 Å². The summed E-state index contributed by atoms with van der Waals surface area (Å²) < 4.78 is 41.7. The van der Waals surface area contributed by atoms with Gasteiger partial charge in [-0.3, -0.25) is 5.32 Å². The van der Waals surface area contributed by atoms with Crippen molar-refractivity contribution in [1.82, 2.24) is 19.7 Å². The summed E-state index contributed by atoms with van der Waals surface area (Å²) in [6.07, 6.45) is 1.04. The van der Waals surface area contributed by atoms with Crippen LogP contribution in [0.2, 0.25) is 0 Å². The number of benzene rings is 2. The van der Waals surface area contributed by atoms with Crippen molar-refractivity contribution >= 4 is 23.4 Å². The third kappa shape index (κ3) is 5.85. The molecule has 0 aliphatic heterocycles. The number of rotatable bonds is 6. The van der Waals surface area contributed by atoms with E-state index in [1.54, 1.807) is 43.5 Å². The van der Waals surface area contributed by atoms with Crippen molar-refractivity contribution in [3.8, 4) is 29.1 Å². The number of nitriles is 1. The molecule has 0 spiro atoms. The summed E-state index contributed by atoms with van der Waals surface area (Å²) in [5, 5.41) is 18.6. The molecule has 0 atom stereocenters. The number of nitrogens with zero attached hydrogens (tertiary/aromatic N) is 5. The molecule has 4 aromatic rings. The van der Waals surface area contributed by atoms with Gasteiger partial charge in [0, 0.05) is 23.6 Å². The first kappa shape index (κ1) is 26.8. The number of carbonyl (C=O) groups excluding carboxylic acids is 1. The summed E-state index contributed by atoms with van der Waals surface area (Å²) in [7, 11) is 1.55. The standard InChI is InChI=1S/C26H24F2N8O3/c1-26(2,3)20-11-21(36(35-20)14-5-7-15(38-4)8-6-14)33-25(37)34-22-18(27)9-16(10-19(22)28)39-24-17(12-29)23(30)31-13-32-24/h5-11,13H,1-4H3,(H2,30,31,32)(H2,33,34,37). The fourth-order valence-corrected chi connectivity index (χ4v) is 3.42. The molecule has 39 heavy (non-hydrogen) atoms. The Morgan fingerprint density at radius 3 is 2.31 bits per heavy atom. The Morgan fingerprint density at radius 2 is 1.72 bits per heavy atom. The topological polar surface area (TPSA) is 153 Å². The fraction of sp³-hybridized carbons (Fsp3) is 0.192. The summed E-state index contributed by atoms with van der Waals surface area (Å²) in [5.74, 6) is -2.07. The van der Waals surface area contributed by atoms with E-state index in [4.69, 9.17) is 15.2 Å². The average Bonchev–Trinajstić information content (AvgIpc) is 3.31. The summed E-state index contributed by atoms with van der Waals surface area (Å²) in [5.41, 5.74) is 5.65. The molecule has 2 amide bonds. The van der Waals surface area contributed by atoms with Gasteiger partial charge in [-0.1, -0.05) is 20.8 Å². The Balaban J connectivity index is 1.57. The van der Waals surface area contributed by atoms with E-state index in [0.29, 0.717) is 17.1 Å². The summed E-state index contributed by atoms with van der Waals surface area (Å²) in [4.78, 5) is 20.2. The lowest BCUT2D eigenvalue weighted by atomic mass is 9.92. The molecule has 0 radical (unpaired) electrons. The molecule has 11 nitrogen and oxygen atoms in total. The van der Waals surface area contributed by atoms with Crippen LogP contribution in [0.15, 0.2) is 48.8 Å². The Hall–Kier alpha value is -5.25. The van der Waals surface area contributed by atoms with Crippen molar-refractivity contribution in [2.45, 2.75) is 26.2 Å². The highest BCUT2D eigenvalue weighted by molar-refractivity contribution is 5.99. The molecule has 0 aliphatic carbocycles. The van der Waals surface area contributed by atoms with Crippen LogP contribution in [0, 0.1) is 23.0 Å². The molecule has 0 bridgehead atoms. The number of aromatic nitrogens is 4. The number of halogens is 2. The quantitative estimate of drug-likeness (QED) is 0.307. The number of urea groups is 1.